The summed E-state index contributed by atoms with van der Waals surface area (Å²) in [6.07, 6.45) is 0.796. The number of anilines is 1. The molecule has 128 valence electrons. The van der Waals surface area contributed by atoms with Crippen LogP contribution in [0.4, 0.5) is 5.69 Å². The average Bonchev–Trinajstić information content (AvgIpc) is 3.00. The number of carbonyl (C=O) groups excluding carboxylic acids is 1. The average molecular weight is 349 g/mol. The Morgan fingerprint density at radius 2 is 2.12 bits per heavy atom. The van der Waals surface area contributed by atoms with Gasteiger partial charge in [-0.25, -0.2) is 13.1 Å². The largest absolute Gasteiger partial charge is 0.320 e. The number of carbonyl (C=O) groups is 1. The fourth-order valence-electron chi connectivity index (χ4n) is 2.75. The molecule has 0 saturated carbocycles. The minimum atomic E-state index is -3.59. The number of aromatic nitrogens is 2. The third kappa shape index (κ3) is 2.93. The van der Waals surface area contributed by atoms with Gasteiger partial charge in [-0.3, -0.25) is 9.89 Å². The van der Waals surface area contributed by atoms with Gasteiger partial charge in [0.2, 0.25) is 10.0 Å². The Labute approximate surface area is 140 Å². The Morgan fingerprint density at radius 3 is 2.88 bits per heavy atom. The zero-order valence-corrected chi connectivity index (χ0v) is 14.3. The molecule has 0 bridgehead atoms. The molecule has 3 rings (SSSR count). The lowest BCUT2D eigenvalue weighted by molar-refractivity contribution is 0.102. The molecule has 24 heavy (non-hydrogen) atoms. The van der Waals surface area contributed by atoms with Gasteiger partial charge in [0, 0.05) is 36.5 Å². The summed E-state index contributed by atoms with van der Waals surface area (Å²) >= 11 is 0. The second-order valence-electron chi connectivity index (χ2n) is 5.55. The first kappa shape index (κ1) is 16.6. The van der Waals surface area contributed by atoms with E-state index in [0.717, 1.165) is 24.2 Å². The van der Waals surface area contributed by atoms with Crippen LogP contribution in [-0.2, 0) is 23.0 Å². The van der Waals surface area contributed by atoms with Gasteiger partial charge in [0.1, 0.15) is 0 Å². The SMILES string of the molecule is CNS(=O)(=O)c1cccc(NC(=O)c2n[nH]c3c2CNCC3)c1C. The summed E-state index contributed by atoms with van der Waals surface area (Å²) in [6, 6.07) is 4.75. The maximum Gasteiger partial charge on any atom is 0.276 e. The summed E-state index contributed by atoms with van der Waals surface area (Å²) in [4.78, 5) is 12.7. The maximum atomic E-state index is 12.5. The van der Waals surface area contributed by atoms with E-state index in [1.165, 1.54) is 13.1 Å². The molecule has 0 radical (unpaired) electrons. The highest BCUT2D eigenvalue weighted by atomic mass is 32.2. The van der Waals surface area contributed by atoms with Crippen molar-refractivity contribution in [3.8, 4) is 0 Å². The van der Waals surface area contributed by atoms with Gasteiger partial charge in [0.15, 0.2) is 5.69 Å². The molecule has 0 unspecified atom stereocenters. The van der Waals surface area contributed by atoms with Gasteiger partial charge in [-0.05, 0) is 31.7 Å². The van der Waals surface area contributed by atoms with Crippen LogP contribution >= 0.6 is 0 Å². The Hall–Kier alpha value is -2.23. The molecule has 0 aliphatic carbocycles. The van der Waals surface area contributed by atoms with Crippen molar-refractivity contribution in [2.45, 2.75) is 24.8 Å². The van der Waals surface area contributed by atoms with Crippen molar-refractivity contribution in [2.75, 3.05) is 18.9 Å². The quantitative estimate of drug-likeness (QED) is 0.642. The highest BCUT2D eigenvalue weighted by Gasteiger charge is 2.23. The minimum Gasteiger partial charge on any atom is -0.320 e. The highest BCUT2D eigenvalue weighted by molar-refractivity contribution is 7.89. The molecule has 9 heteroatoms. The molecule has 1 aliphatic rings. The van der Waals surface area contributed by atoms with E-state index in [9.17, 15) is 13.2 Å². The molecule has 8 nitrogen and oxygen atoms in total. The van der Waals surface area contributed by atoms with E-state index in [2.05, 4.69) is 25.6 Å². The van der Waals surface area contributed by atoms with Crippen LogP contribution in [0.25, 0.3) is 0 Å². The van der Waals surface area contributed by atoms with E-state index in [4.69, 9.17) is 0 Å². The van der Waals surface area contributed by atoms with Crippen molar-refractivity contribution in [3.05, 3.63) is 40.7 Å². The van der Waals surface area contributed by atoms with Crippen molar-refractivity contribution in [2.24, 2.45) is 0 Å². The van der Waals surface area contributed by atoms with Crippen LogP contribution in [0, 0.1) is 6.92 Å². The summed E-state index contributed by atoms with van der Waals surface area (Å²) in [6.45, 7) is 3.09. The molecule has 1 amide bonds. The number of amides is 1. The first-order chi connectivity index (χ1) is 11.4. The lowest BCUT2D eigenvalue weighted by Crippen LogP contribution is -2.25. The first-order valence-corrected chi connectivity index (χ1v) is 9.03. The zero-order chi connectivity index (χ0) is 17.3. The Kier molecular flexibility index (Phi) is 4.39. The van der Waals surface area contributed by atoms with Crippen molar-refractivity contribution >= 4 is 21.6 Å². The lowest BCUT2D eigenvalue weighted by Gasteiger charge is -2.14. The molecule has 2 aromatic rings. The second-order valence-corrected chi connectivity index (χ2v) is 7.40. The van der Waals surface area contributed by atoms with Crippen LogP contribution in [0.2, 0.25) is 0 Å². The van der Waals surface area contributed by atoms with E-state index in [1.54, 1.807) is 19.1 Å². The van der Waals surface area contributed by atoms with Crippen LogP contribution in [0.1, 0.15) is 27.3 Å². The van der Waals surface area contributed by atoms with E-state index in [-0.39, 0.29) is 10.8 Å². The molecule has 2 heterocycles. The third-order valence-electron chi connectivity index (χ3n) is 4.11. The summed E-state index contributed by atoms with van der Waals surface area (Å²) < 4.78 is 26.3. The predicted octanol–water partition coefficient (Wildman–Crippen LogP) is 0.524. The lowest BCUT2D eigenvalue weighted by atomic mass is 10.1. The maximum absolute atomic E-state index is 12.5. The van der Waals surface area contributed by atoms with Gasteiger partial charge in [-0.2, -0.15) is 5.10 Å². The molecule has 1 aromatic heterocycles. The first-order valence-electron chi connectivity index (χ1n) is 7.55. The summed E-state index contributed by atoms with van der Waals surface area (Å²) in [5.74, 6) is -0.363. The monoisotopic (exact) mass is 349 g/mol. The molecule has 0 saturated heterocycles. The number of sulfonamides is 1. The van der Waals surface area contributed by atoms with Gasteiger partial charge in [0.25, 0.3) is 5.91 Å². The van der Waals surface area contributed by atoms with Crippen LogP contribution in [0.5, 0.6) is 0 Å². The number of hydrogen-bond acceptors (Lipinski definition) is 5. The van der Waals surface area contributed by atoms with Crippen LogP contribution in [0.15, 0.2) is 23.1 Å². The van der Waals surface area contributed by atoms with Crippen molar-refractivity contribution in [3.63, 3.8) is 0 Å². The molecular formula is C15H19N5O3S. The van der Waals surface area contributed by atoms with Gasteiger partial charge in [0.05, 0.1) is 4.90 Å². The molecule has 0 atom stereocenters. The fourth-order valence-corrected chi connectivity index (χ4v) is 3.74. The van der Waals surface area contributed by atoms with Crippen LogP contribution in [-0.4, -0.2) is 38.1 Å². The van der Waals surface area contributed by atoms with E-state index < -0.39 is 10.0 Å². The van der Waals surface area contributed by atoms with Crippen LogP contribution in [0.3, 0.4) is 0 Å². The van der Waals surface area contributed by atoms with Gasteiger partial charge >= 0.3 is 0 Å². The number of hydrogen-bond donors (Lipinski definition) is 4. The third-order valence-corrected chi connectivity index (χ3v) is 5.67. The summed E-state index contributed by atoms with van der Waals surface area (Å²) in [7, 11) is -2.24. The predicted molar refractivity (Wildman–Crippen MR) is 89.4 cm³/mol. The number of benzene rings is 1. The van der Waals surface area contributed by atoms with Crippen molar-refractivity contribution < 1.29 is 13.2 Å². The molecule has 4 N–H and O–H groups in total. The zero-order valence-electron chi connectivity index (χ0n) is 13.4. The molecule has 0 fully saturated rings. The molecule has 0 spiro atoms. The van der Waals surface area contributed by atoms with E-state index >= 15 is 0 Å². The molecule has 1 aliphatic heterocycles. The fraction of sp³-hybridized carbons (Fsp3) is 0.333. The normalized spacial score (nSPS) is 14.2. The number of nitrogens with one attached hydrogen (secondary N) is 4. The number of aromatic amines is 1. The topological polar surface area (TPSA) is 116 Å². The second kappa shape index (κ2) is 6.34. The number of H-pyrrole nitrogens is 1. The Morgan fingerprint density at radius 1 is 1.33 bits per heavy atom. The summed E-state index contributed by atoms with van der Waals surface area (Å²) in [5, 5.41) is 13.0. The number of nitrogens with zero attached hydrogens (tertiary/aromatic N) is 1. The van der Waals surface area contributed by atoms with Crippen molar-refractivity contribution in [1.29, 1.82) is 0 Å². The minimum absolute atomic E-state index is 0.133. The smallest absolute Gasteiger partial charge is 0.276 e. The van der Waals surface area contributed by atoms with Gasteiger partial charge in [-0.15, -0.1) is 0 Å². The number of fused-ring (bicyclic) bond motifs is 1. The van der Waals surface area contributed by atoms with Gasteiger partial charge < -0.3 is 10.6 Å². The van der Waals surface area contributed by atoms with Crippen LogP contribution < -0.4 is 15.4 Å². The van der Waals surface area contributed by atoms with E-state index in [0.29, 0.717) is 23.5 Å². The van der Waals surface area contributed by atoms with Gasteiger partial charge in [-0.1, -0.05) is 6.07 Å². The Bertz CT molecular complexity index is 889. The number of rotatable bonds is 4. The van der Waals surface area contributed by atoms with Crippen molar-refractivity contribution in [1.82, 2.24) is 20.2 Å². The summed E-state index contributed by atoms with van der Waals surface area (Å²) in [5.41, 5.74) is 3.07. The molecular weight excluding hydrogens is 330 g/mol. The Balaban J connectivity index is 1.91. The highest BCUT2D eigenvalue weighted by Crippen LogP contribution is 2.24. The standard InChI is InChI=1S/C15H19N5O3S/c1-9-11(4-3-5-13(9)24(22,23)16-2)18-15(21)14-10-8-17-7-6-12(10)19-20-14/h3-5,16-17H,6-8H2,1-2H3,(H,18,21)(H,19,20). The van der Waals surface area contributed by atoms with E-state index in [1.807, 2.05) is 0 Å². The molecule has 1 aromatic carbocycles.